The van der Waals surface area contributed by atoms with Crippen LogP contribution in [0.2, 0.25) is 10.0 Å². The van der Waals surface area contributed by atoms with Crippen molar-refractivity contribution < 1.29 is 9.57 Å². The van der Waals surface area contributed by atoms with Crippen molar-refractivity contribution in [3.63, 3.8) is 0 Å². The van der Waals surface area contributed by atoms with Crippen LogP contribution in [0.15, 0.2) is 84.0 Å². The van der Waals surface area contributed by atoms with Crippen LogP contribution in [0.3, 0.4) is 0 Å². The molecule has 0 saturated carbocycles. The van der Waals surface area contributed by atoms with Gasteiger partial charge < -0.3 is 9.57 Å². The van der Waals surface area contributed by atoms with Crippen LogP contribution in [-0.2, 0) is 4.84 Å². The lowest BCUT2D eigenvalue weighted by molar-refractivity contribution is -0.0570. The van der Waals surface area contributed by atoms with Gasteiger partial charge in [-0.05, 0) is 29.3 Å². The molecule has 0 aromatic heterocycles. The van der Waals surface area contributed by atoms with E-state index in [-0.39, 0.29) is 5.92 Å². The molecule has 4 rings (SSSR count). The van der Waals surface area contributed by atoms with Gasteiger partial charge in [0.25, 0.3) is 6.29 Å². The highest BCUT2D eigenvalue weighted by atomic mass is 35.5. The molecule has 0 amide bonds. The number of rotatable bonds is 5. The second-order valence-corrected chi connectivity index (χ2v) is 7.11. The summed E-state index contributed by atoms with van der Waals surface area (Å²) < 4.78 is 5.89. The Morgan fingerprint density at radius 2 is 1.52 bits per heavy atom. The smallest absolute Gasteiger partial charge is 0.270 e. The second-order valence-electron chi connectivity index (χ2n) is 6.27. The molecule has 1 aliphatic rings. The summed E-state index contributed by atoms with van der Waals surface area (Å²) in [5, 5.41) is 5.34. The fourth-order valence-corrected chi connectivity index (χ4v) is 3.64. The van der Waals surface area contributed by atoms with Gasteiger partial charge in [-0.3, -0.25) is 0 Å². The summed E-state index contributed by atoms with van der Waals surface area (Å²) >= 11 is 12.1. The van der Waals surface area contributed by atoms with Crippen molar-refractivity contribution in [2.75, 3.05) is 0 Å². The maximum absolute atomic E-state index is 6.20. The average Bonchev–Trinajstić information content (AvgIpc) is 3.14. The zero-order valence-corrected chi connectivity index (χ0v) is 15.9. The maximum Gasteiger partial charge on any atom is 0.270 e. The van der Waals surface area contributed by atoms with E-state index in [2.05, 4.69) is 29.4 Å². The minimum atomic E-state index is -0.520. The molecule has 0 fully saturated rings. The summed E-state index contributed by atoms with van der Waals surface area (Å²) in [7, 11) is 0. The van der Waals surface area contributed by atoms with E-state index < -0.39 is 6.29 Å². The fraction of sp³-hybridized carbons (Fsp3) is 0.136. The van der Waals surface area contributed by atoms with Crippen molar-refractivity contribution in [2.24, 2.45) is 5.16 Å². The van der Waals surface area contributed by atoms with E-state index >= 15 is 0 Å². The highest BCUT2D eigenvalue weighted by molar-refractivity contribution is 6.35. The van der Waals surface area contributed by atoms with Crippen LogP contribution < -0.4 is 4.74 Å². The largest absolute Gasteiger partial charge is 0.451 e. The fourth-order valence-electron chi connectivity index (χ4n) is 3.19. The first kappa shape index (κ1) is 17.9. The molecule has 3 aromatic carbocycles. The van der Waals surface area contributed by atoms with E-state index in [1.54, 1.807) is 18.2 Å². The third-order valence-electron chi connectivity index (χ3n) is 4.41. The van der Waals surface area contributed by atoms with Crippen LogP contribution in [0.1, 0.15) is 23.5 Å². The molecule has 5 heteroatoms. The standard InChI is InChI=1S/C22H17Cl2NO2/c23-17-11-12-20(18(24)13-17)26-21-14-19(25-27-21)22(15-7-3-1-4-8-15)16-9-5-2-6-10-16/h1-13,21-22H,14H2. The molecule has 0 saturated heterocycles. The summed E-state index contributed by atoms with van der Waals surface area (Å²) in [5.41, 5.74) is 3.25. The Morgan fingerprint density at radius 3 is 2.11 bits per heavy atom. The van der Waals surface area contributed by atoms with Crippen molar-refractivity contribution >= 4 is 28.9 Å². The lowest BCUT2D eigenvalue weighted by Crippen LogP contribution is -2.19. The van der Waals surface area contributed by atoms with E-state index in [1.807, 2.05) is 36.4 Å². The molecule has 136 valence electrons. The molecule has 0 radical (unpaired) electrons. The minimum absolute atomic E-state index is 0.0155. The van der Waals surface area contributed by atoms with Gasteiger partial charge in [-0.25, -0.2) is 0 Å². The van der Waals surface area contributed by atoms with Gasteiger partial charge >= 0.3 is 0 Å². The minimum Gasteiger partial charge on any atom is -0.451 e. The van der Waals surface area contributed by atoms with Gasteiger partial charge in [0.05, 0.1) is 23.1 Å². The van der Waals surface area contributed by atoms with Gasteiger partial charge in [-0.15, -0.1) is 0 Å². The number of hydrogen-bond donors (Lipinski definition) is 0. The molecule has 3 aromatic rings. The van der Waals surface area contributed by atoms with Gasteiger partial charge in [-0.2, -0.15) is 0 Å². The Labute approximate surface area is 168 Å². The maximum atomic E-state index is 6.20. The van der Waals surface area contributed by atoms with E-state index in [9.17, 15) is 0 Å². The quantitative estimate of drug-likeness (QED) is 0.505. The van der Waals surface area contributed by atoms with Gasteiger partial charge in [-0.1, -0.05) is 89.0 Å². The topological polar surface area (TPSA) is 30.8 Å². The Kier molecular flexibility index (Phi) is 5.33. The van der Waals surface area contributed by atoms with Crippen molar-refractivity contribution in [1.29, 1.82) is 0 Å². The zero-order valence-electron chi connectivity index (χ0n) is 14.4. The van der Waals surface area contributed by atoms with Crippen LogP contribution in [0.4, 0.5) is 0 Å². The molecular formula is C22H17Cl2NO2. The summed E-state index contributed by atoms with van der Waals surface area (Å²) in [6, 6.07) is 25.7. The van der Waals surface area contributed by atoms with E-state index in [0.29, 0.717) is 22.2 Å². The van der Waals surface area contributed by atoms with Crippen molar-refractivity contribution in [3.8, 4) is 5.75 Å². The Hall–Kier alpha value is -2.49. The molecule has 0 spiro atoms. The molecule has 27 heavy (non-hydrogen) atoms. The number of nitrogens with zero attached hydrogens (tertiary/aromatic N) is 1. The third kappa shape index (κ3) is 4.10. The Bertz CT molecular complexity index is 906. The molecule has 1 unspecified atom stereocenters. The highest BCUT2D eigenvalue weighted by Gasteiger charge is 2.30. The van der Waals surface area contributed by atoms with E-state index in [1.165, 1.54) is 0 Å². The lowest BCUT2D eigenvalue weighted by atomic mass is 9.86. The first-order valence-electron chi connectivity index (χ1n) is 8.65. The summed E-state index contributed by atoms with van der Waals surface area (Å²) in [6.45, 7) is 0. The molecule has 1 heterocycles. The van der Waals surface area contributed by atoms with E-state index in [0.717, 1.165) is 16.8 Å². The van der Waals surface area contributed by atoms with Crippen LogP contribution >= 0.6 is 23.2 Å². The first-order chi connectivity index (χ1) is 13.2. The van der Waals surface area contributed by atoms with Gasteiger partial charge in [0.15, 0.2) is 0 Å². The Balaban J connectivity index is 1.56. The molecule has 1 aliphatic heterocycles. The summed E-state index contributed by atoms with van der Waals surface area (Å²) in [6.07, 6.45) is 0.0292. The molecule has 0 bridgehead atoms. The number of benzene rings is 3. The SMILES string of the molecule is Clc1ccc(OC2CC(C(c3ccccc3)c3ccccc3)=NO2)c(Cl)c1. The molecule has 0 N–H and O–H groups in total. The molecule has 3 nitrogen and oxygen atoms in total. The van der Waals surface area contributed by atoms with Crippen LogP contribution in [0, 0.1) is 0 Å². The molecule has 1 atom stereocenters. The Morgan fingerprint density at radius 1 is 0.889 bits per heavy atom. The highest BCUT2D eigenvalue weighted by Crippen LogP contribution is 2.34. The number of halogens is 2. The molecule has 0 aliphatic carbocycles. The predicted octanol–water partition coefficient (Wildman–Crippen LogP) is 6.31. The monoisotopic (exact) mass is 397 g/mol. The normalized spacial score (nSPS) is 16.1. The second kappa shape index (κ2) is 8.03. The van der Waals surface area contributed by atoms with Crippen LogP contribution in [0.25, 0.3) is 0 Å². The van der Waals surface area contributed by atoms with Gasteiger partial charge in [0.1, 0.15) is 5.75 Å². The van der Waals surface area contributed by atoms with Gasteiger partial charge in [0.2, 0.25) is 0 Å². The third-order valence-corrected chi connectivity index (χ3v) is 4.95. The van der Waals surface area contributed by atoms with Crippen molar-refractivity contribution in [2.45, 2.75) is 18.6 Å². The number of ether oxygens (including phenoxy) is 1. The first-order valence-corrected chi connectivity index (χ1v) is 9.40. The van der Waals surface area contributed by atoms with E-state index in [4.69, 9.17) is 32.8 Å². The lowest BCUT2D eigenvalue weighted by Gasteiger charge is -2.18. The van der Waals surface area contributed by atoms with Crippen LogP contribution in [0.5, 0.6) is 5.75 Å². The molecular weight excluding hydrogens is 381 g/mol. The summed E-state index contributed by atoms with van der Waals surface area (Å²) in [4.78, 5) is 5.55. The summed E-state index contributed by atoms with van der Waals surface area (Å²) in [5.74, 6) is 0.542. The average molecular weight is 398 g/mol. The van der Waals surface area contributed by atoms with Gasteiger partial charge in [0, 0.05) is 5.02 Å². The number of hydrogen-bond acceptors (Lipinski definition) is 3. The van der Waals surface area contributed by atoms with Crippen molar-refractivity contribution in [3.05, 3.63) is 100 Å². The van der Waals surface area contributed by atoms with Crippen molar-refractivity contribution in [1.82, 2.24) is 0 Å². The predicted molar refractivity (Wildman–Crippen MR) is 109 cm³/mol. The zero-order chi connectivity index (χ0) is 18.6. The number of oxime groups is 1. The van der Waals surface area contributed by atoms with Crippen LogP contribution in [-0.4, -0.2) is 12.0 Å².